The number of hydrogen-bond acceptors (Lipinski definition) is 4. The summed E-state index contributed by atoms with van der Waals surface area (Å²) in [7, 11) is 0. The van der Waals surface area contributed by atoms with E-state index in [1.807, 2.05) is 37.3 Å². The van der Waals surface area contributed by atoms with Crippen LogP contribution < -0.4 is 16.4 Å². The topological polar surface area (TPSA) is 80.0 Å². The number of pyridine rings is 1. The van der Waals surface area contributed by atoms with E-state index in [0.717, 1.165) is 11.4 Å². The second-order valence-electron chi connectivity index (χ2n) is 4.38. The molecule has 0 aliphatic heterocycles. The van der Waals surface area contributed by atoms with Gasteiger partial charge in [-0.3, -0.25) is 4.79 Å². The normalized spacial score (nSPS) is 9.85. The van der Waals surface area contributed by atoms with Gasteiger partial charge in [0.05, 0.1) is 11.3 Å². The molecule has 20 heavy (non-hydrogen) atoms. The minimum atomic E-state index is -0.520. The maximum atomic E-state index is 11.2. The van der Waals surface area contributed by atoms with Crippen molar-refractivity contribution in [1.29, 1.82) is 0 Å². The summed E-state index contributed by atoms with van der Waals surface area (Å²) in [6, 6.07) is 11.3. The molecule has 2 rings (SSSR count). The number of anilines is 3. The molecule has 5 nitrogen and oxygen atoms in total. The molecule has 2 aromatic rings. The third-order valence-corrected chi connectivity index (χ3v) is 2.56. The van der Waals surface area contributed by atoms with E-state index in [1.165, 1.54) is 6.20 Å². The summed E-state index contributed by atoms with van der Waals surface area (Å²) >= 11 is 0. The van der Waals surface area contributed by atoms with Gasteiger partial charge in [-0.05, 0) is 25.1 Å². The van der Waals surface area contributed by atoms with Crippen molar-refractivity contribution < 1.29 is 4.79 Å². The molecule has 0 fully saturated rings. The Hall–Kier alpha value is -2.82. The number of para-hydroxylation sites is 1. The quantitative estimate of drug-likeness (QED) is 0.779. The number of carbonyl (C=O) groups is 1. The summed E-state index contributed by atoms with van der Waals surface area (Å²) in [5.74, 6) is 0.0812. The van der Waals surface area contributed by atoms with Crippen LogP contribution in [0.15, 0.2) is 54.9 Å². The molecule has 0 unspecified atom stereocenters. The van der Waals surface area contributed by atoms with E-state index >= 15 is 0 Å². The fraction of sp³-hybridized carbons (Fsp3) is 0.0667. The average molecular weight is 268 g/mol. The van der Waals surface area contributed by atoms with Crippen molar-refractivity contribution in [3.05, 3.63) is 60.4 Å². The number of nitrogens with zero attached hydrogens (tertiary/aromatic N) is 1. The van der Waals surface area contributed by atoms with Gasteiger partial charge in [0.2, 0.25) is 5.91 Å². The zero-order valence-electron chi connectivity index (χ0n) is 11.2. The van der Waals surface area contributed by atoms with Gasteiger partial charge in [0, 0.05) is 17.6 Å². The first kappa shape index (κ1) is 13.6. The van der Waals surface area contributed by atoms with Crippen LogP contribution in [0.25, 0.3) is 0 Å². The lowest BCUT2D eigenvalue weighted by Crippen LogP contribution is -2.12. The molecule has 0 bridgehead atoms. The maximum Gasteiger partial charge on any atom is 0.250 e. The van der Waals surface area contributed by atoms with Crippen molar-refractivity contribution >= 4 is 23.1 Å². The second-order valence-corrected chi connectivity index (χ2v) is 4.38. The van der Waals surface area contributed by atoms with Crippen molar-refractivity contribution in [2.45, 2.75) is 6.92 Å². The number of nitrogens with one attached hydrogen (secondary N) is 2. The zero-order valence-corrected chi connectivity index (χ0v) is 11.2. The van der Waals surface area contributed by atoms with Crippen molar-refractivity contribution in [2.24, 2.45) is 5.73 Å². The molecular formula is C15H16N4O. The van der Waals surface area contributed by atoms with Gasteiger partial charge in [-0.25, -0.2) is 4.98 Å². The number of rotatable bonds is 5. The third-order valence-electron chi connectivity index (χ3n) is 2.56. The molecule has 0 saturated heterocycles. The van der Waals surface area contributed by atoms with Gasteiger partial charge in [-0.2, -0.15) is 0 Å². The predicted molar refractivity (Wildman–Crippen MR) is 80.9 cm³/mol. The van der Waals surface area contributed by atoms with E-state index < -0.39 is 5.91 Å². The van der Waals surface area contributed by atoms with E-state index in [2.05, 4.69) is 22.2 Å². The van der Waals surface area contributed by atoms with Crippen LogP contribution in [0.2, 0.25) is 0 Å². The minimum Gasteiger partial charge on any atom is -0.366 e. The number of amides is 1. The first-order chi connectivity index (χ1) is 9.56. The number of aromatic nitrogens is 1. The summed E-state index contributed by atoms with van der Waals surface area (Å²) in [6.45, 7) is 5.61. The van der Waals surface area contributed by atoms with Crippen LogP contribution >= 0.6 is 0 Å². The summed E-state index contributed by atoms with van der Waals surface area (Å²) in [6.07, 6.45) is 1.44. The molecule has 5 heteroatoms. The highest BCUT2D eigenvalue weighted by Crippen LogP contribution is 2.25. The smallest absolute Gasteiger partial charge is 0.250 e. The molecule has 0 aliphatic carbocycles. The maximum absolute atomic E-state index is 11.2. The van der Waals surface area contributed by atoms with Crippen LogP contribution in [0, 0.1) is 0 Å². The van der Waals surface area contributed by atoms with Gasteiger partial charge >= 0.3 is 0 Å². The van der Waals surface area contributed by atoms with Gasteiger partial charge in [0.15, 0.2) is 5.82 Å². The molecule has 1 amide bonds. The lowest BCUT2D eigenvalue weighted by Gasteiger charge is -2.13. The minimum absolute atomic E-state index is 0.340. The van der Waals surface area contributed by atoms with Crippen LogP contribution in [0.5, 0.6) is 0 Å². The van der Waals surface area contributed by atoms with Crippen molar-refractivity contribution in [3.8, 4) is 0 Å². The van der Waals surface area contributed by atoms with Crippen molar-refractivity contribution in [3.63, 3.8) is 0 Å². The Morgan fingerprint density at radius 2 is 2.00 bits per heavy atom. The molecule has 102 valence electrons. The van der Waals surface area contributed by atoms with E-state index in [0.29, 0.717) is 17.1 Å². The lowest BCUT2D eigenvalue weighted by atomic mass is 10.2. The van der Waals surface area contributed by atoms with Gasteiger partial charge in [-0.15, -0.1) is 0 Å². The molecule has 0 atom stereocenters. The summed E-state index contributed by atoms with van der Waals surface area (Å²) in [5.41, 5.74) is 7.90. The summed E-state index contributed by atoms with van der Waals surface area (Å²) < 4.78 is 0. The second kappa shape index (κ2) is 5.88. The molecule has 4 N–H and O–H groups in total. The number of allylic oxidation sites excluding steroid dienone is 1. The average Bonchev–Trinajstić information content (AvgIpc) is 2.41. The Bertz CT molecular complexity index is 638. The highest BCUT2D eigenvalue weighted by molar-refractivity contribution is 5.94. The molecule has 0 aliphatic rings. The predicted octanol–water partition coefficient (Wildman–Crippen LogP) is 2.87. The Kier molecular flexibility index (Phi) is 4.00. The fourth-order valence-corrected chi connectivity index (χ4v) is 1.68. The monoisotopic (exact) mass is 268 g/mol. The van der Waals surface area contributed by atoms with Crippen molar-refractivity contribution in [1.82, 2.24) is 4.98 Å². The van der Waals surface area contributed by atoms with Gasteiger partial charge in [-0.1, -0.05) is 24.8 Å². The highest BCUT2D eigenvalue weighted by atomic mass is 16.1. The Morgan fingerprint density at radius 3 is 2.60 bits per heavy atom. The SMILES string of the molecule is C=C(C)Nc1cc(C(N)=O)cnc1Nc1ccccc1. The zero-order chi connectivity index (χ0) is 14.5. The lowest BCUT2D eigenvalue weighted by molar-refractivity contribution is 0.1000. The van der Waals surface area contributed by atoms with Gasteiger partial charge < -0.3 is 16.4 Å². The van der Waals surface area contributed by atoms with E-state index in [1.54, 1.807) is 6.07 Å². The van der Waals surface area contributed by atoms with Crippen LogP contribution in [0.3, 0.4) is 0 Å². The van der Waals surface area contributed by atoms with Gasteiger partial charge in [0.1, 0.15) is 0 Å². The molecular weight excluding hydrogens is 252 g/mol. The molecule has 0 radical (unpaired) electrons. The number of carbonyl (C=O) groups excluding carboxylic acids is 1. The molecule has 0 spiro atoms. The molecule has 1 heterocycles. The van der Waals surface area contributed by atoms with Crippen LogP contribution in [-0.4, -0.2) is 10.9 Å². The number of primary amides is 1. The first-order valence-electron chi connectivity index (χ1n) is 6.10. The van der Waals surface area contributed by atoms with E-state index in [4.69, 9.17) is 5.73 Å². The van der Waals surface area contributed by atoms with E-state index in [9.17, 15) is 4.79 Å². The Morgan fingerprint density at radius 1 is 1.30 bits per heavy atom. The number of nitrogens with two attached hydrogens (primary N) is 1. The molecule has 0 saturated carbocycles. The van der Waals surface area contributed by atoms with Gasteiger partial charge in [0.25, 0.3) is 0 Å². The van der Waals surface area contributed by atoms with Crippen LogP contribution in [0.1, 0.15) is 17.3 Å². The largest absolute Gasteiger partial charge is 0.366 e. The number of benzene rings is 1. The Balaban J connectivity index is 2.36. The highest BCUT2D eigenvalue weighted by Gasteiger charge is 2.09. The van der Waals surface area contributed by atoms with E-state index in [-0.39, 0.29) is 0 Å². The first-order valence-corrected chi connectivity index (χ1v) is 6.10. The summed E-state index contributed by atoms with van der Waals surface area (Å²) in [5, 5.41) is 6.24. The Labute approximate surface area is 117 Å². The third kappa shape index (κ3) is 3.35. The molecule has 1 aromatic carbocycles. The number of hydrogen-bond donors (Lipinski definition) is 3. The van der Waals surface area contributed by atoms with Crippen LogP contribution in [0.4, 0.5) is 17.2 Å². The summed E-state index contributed by atoms with van der Waals surface area (Å²) in [4.78, 5) is 15.5. The molecule has 1 aromatic heterocycles. The van der Waals surface area contributed by atoms with Crippen molar-refractivity contribution in [2.75, 3.05) is 10.6 Å². The fourth-order valence-electron chi connectivity index (χ4n) is 1.68. The van der Waals surface area contributed by atoms with Crippen LogP contribution in [-0.2, 0) is 0 Å². The standard InChI is InChI=1S/C15H16N4O/c1-10(2)18-13-8-11(14(16)20)9-17-15(13)19-12-6-4-3-5-7-12/h3-9,18H,1H2,2H3,(H2,16,20)(H,17,19).